The maximum atomic E-state index is 11.8. The van der Waals surface area contributed by atoms with Crippen molar-refractivity contribution in [1.82, 2.24) is 0 Å². The van der Waals surface area contributed by atoms with Crippen LogP contribution in [0.1, 0.15) is 36.0 Å². The van der Waals surface area contributed by atoms with Gasteiger partial charge in [0.1, 0.15) is 0 Å². The first-order chi connectivity index (χ1) is 12.9. The van der Waals surface area contributed by atoms with E-state index < -0.39 is 10.2 Å². The van der Waals surface area contributed by atoms with Crippen molar-refractivity contribution in [3.63, 3.8) is 0 Å². The molecule has 0 spiro atoms. The Bertz CT molecular complexity index is 566. The summed E-state index contributed by atoms with van der Waals surface area (Å²) in [4.78, 5) is 43.2. The molecule has 1 rings (SSSR count). The molecule has 0 atom stereocenters. The van der Waals surface area contributed by atoms with Crippen LogP contribution in [0.2, 0.25) is 0 Å². The normalized spacial score (nSPS) is 9.56. The number of unbranched alkanes of at least 4 members (excludes halogenated alkanes) is 3. The van der Waals surface area contributed by atoms with E-state index in [-0.39, 0.29) is 12.6 Å². The molecule has 0 heterocycles. The lowest BCUT2D eigenvalue weighted by Crippen LogP contribution is -2.75. The van der Waals surface area contributed by atoms with Gasteiger partial charge in [-0.2, -0.15) is 5.48 Å². The Morgan fingerprint density at radius 1 is 0.963 bits per heavy atom. The van der Waals surface area contributed by atoms with Gasteiger partial charge >= 0.3 is 5.97 Å². The van der Waals surface area contributed by atoms with Crippen LogP contribution in [0.3, 0.4) is 0 Å². The second-order valence-corrected chi connectivity index (χ2v) is 4.99. The molecule has 27 heavy (non-hydrogen) atoms. The molecular formula is C15H24N3O9+. The van der Waals surface area contributed by atoms with Crippen LogP contribution in [0.5, 0.6) is 0 Å². The van der Waals surface area contributed by atoms with Crippen molar-refractivity contribution in [3.8, 4) is 0 Å². The molecule has 0 saturated heterocycles. The van der Waals surface area contributed by atoms with Gasteiger partial charge < -0.3 is 14.4 Å². The number of esters is 1. The lowest BCUT2D eigenvalue weighted by molar-refractivity contribution is -0.830. The Balaban J connectivity index is 0.00000119. The van der Waals surface area contributed by atoms with Crippen LogP contribution in [0, 0.1) is 20.2 Å². The molecule has 12 heteroatoms. The highest BCUT2D eigenvalue weighted by atomic mass is 17.0. The van der Waals surface area contributed by atoms with E-state index >= 15 is 0 Å². The van der Waals surface area contributed by atoms with Crippen molar-refractivity contribution in [2.24, 2.45) is 0 Å². The van der Waals surface area contributed by atoms with Crippen molar-refractivity contribution >= 4 is 11.7 Å². The first-order valence-electron chi connectivity index (χ1n) is 7.99. The Morgan fingerprint density at radius 2 is 1.52 bits per heavy atom. The molecule has 0 saturated carbocycles. The van der Waals surface area contributed by atoms with Crippen molar-refractivity contribution < 1.29 is 39.7 Å². The fraction of sp³-hybridized carbons (Fsp3) is 0.533. The lowest BCUT2D eigenvalue weighted by Gasteiger charge is -2.05. The van der Waals surface area contributed by atoms with Gasteiger partial charge in [0.2, 0.25) is 0 Å². The largest absolute Gasteiger partial charge is 0.462 e. The van der Waals surface area contributed by atoms with Crippen LogP contribution in [0.4, 0.5) is 5.69 Å². The minimum atomic E-state index is -0.875. The van der Waals surface area contributed by atoms with E-state index in [4.69, 9.17) is 19.7 Å². The summed E-state index contributed by atoms with van der Waals surface area (Å²) < 4.78 is 5.15. The summed E-state index contributed by atoms with van der Waals surface area (Å²) in [6.07, 6.45) is 2.97. The number of hydrogen-bond acceptors (Lipinski definition) is 9. The second kappa shape index (κ2) is 15.3. The van der Waals surface area contributed by atoms with Crippen LogP contribution >= 0.6 is 0 Å². The van der Waals surface area contributed by atoms with E-state index in [9.17, 15) is 14.9 Å². The molecule has 0 bridgehead atoms. The van der Waals surface area contributed by atoms with Crippen molar-refractivity contribution in [1.29, 1.82) is 0 Å². The Labute approximate surface area is 155 Å². The van der Waals surface area contributed by atoms with Gasteiger partial charge in [0.05, 0.1) is 33.0 Å². The van der Waals surface area contributed by atoms with Gasteiger partial charge in [0.15, 0.2) is 5.69 Å². The first kappa shape index (κ1) is 24.0. The predicted octanol–water partition coefficient (Wildman–Crippen LogP) is 1.19. The van der Waals surface area contributed by atoms with Crippen LogP contribution in [0.15, 0.2) is 24.3 Å². The molecule has 0 aliphatic carbocycles. The topological polar surface area (TPSA) is 157 Å². The summed E-state index contributed by atoms with van der Waals surface area (Å²) >= 11 is 0. The number of carbonyl (C=O) groups is 1. The molecule has 152 valence electrons. The van der Waals surface area contributed by atoms with Gasteiger partial charge in [0, 0.05) is 12.1 Å². The molecule has 0 aliphatic rings. The number of nitrogens with zero attached hydrogens (tertiary/aromatic N) is 2. The fourth-order valence-corrected chi connectivity index (χ4v) is 1.78. The van der Waals surface area contributed by atoms with Crippen molar-refractivity contribution in [3.05, 3.63) is 50.1 Å². The molecular weight excluding hydrogens is 366 g/mol. The van der Waals surface area contributed by atoms with Crippen molar-refractivity contribution in [2.75, 3.05) is 27.4 Å². The van der Waals surface area contributed by atoms with Crippen LogP contribution in [0.25, 0.3) is 0 Å². The minimum absolute atomic E-state index is 0.109. The van der Waals surface area contributed by atoms with E-state index in [1.165, 1.54) is 0 Å². The molecule has 0 unspecified atom stereocenters. The van der Waals surface area contributed by atoms with Crippen LogP contribution in [-0.4, -0.2) is 43.6 Å². The predicted molar refractivity (Wildman–Crippen MR) is 90.7 cm³/mol. The maximum absolute atomic E-state index is 11.8. The summed E-state index contributed by atoms with van der Waals surface area (Å²) in [5, 5.41) is 17.2. The van der Waals surface area contributed by atoms with E-state index in [2.05, 4.69) is 9.68 Å². The molecule has 12 nitrogen and oxygen atoms in total. The molecule has 1 aromatic rings. The lowest BCUT2D eigenvalue weighted by atomic mass is 10.2. The van der Waals surface area contributed by atoms with Crippen molar-refractivity contribution in [2.45, 2.75) is 25.7 Å². The summed E-state index contributed by atoms with van der Waals surface area (Å²) in [6.45, 7) is 0.443. The summed E-state index contributed by atoms with van der Waals surface area (Å²) in [5.74, 6) is -0.361. The van der Waals surface area contributed by atoms with Gasteiger partial charge in [-0.25, -0.2) is 9.63 Å². The van der Waals surface area contributed by atoms with E-state index in [0.29, 0.717) is 18.6 Å². The zero-order valence-electron chi connectivity index (χ0n) is 15.2. The van der Waals surface area contributed by atoms with E-state index in [0.717, 1.165) is 32.1 Å². The van der Waals surface area contributed by atoms with Gasteiger partial charge in [0.25, 0.3) is 10.2 Å². The third-order valence-corrected chi connectivity index (χ3v) is 3.02. The van der Waals surface area contributed by atoms with Crippen LogP contribution < -0.4 is 5.48 Å². The third kappa shape index (κ3) is 13.9. The van der Waals surface area contributed by atoms with Gasteiger partial charge in [-0.3, -0.25) is 0 Å². The SMILES string of the molecule is CO[N+](=O)[O-].CO[NH2+]c1ccc(C(=O)OCCCCCCO[N+](=O)[O-])cc1. The number of quaternary nitrogens is 1. The average Bonchev–Trinajstić information content (AvgIpc) is 2.64. The molecule has 0 fully saturated rings. The van der Waals surface area contributed by atoms with Crippen LogP contribution in [-0.2, 0) is 19.2 Å². The summed E-state index contributed by atoms with van der Waals surface area (Å²) in [7, 11) is 2.56. The van der Waals surface area contributed by atoms with E-state index in [1.54, 1.807) is 36.9 Å². The Hall–Kier alpha value is -2.99. The Kier molecular flexibility index (Phi) is 13.6. The standard InChI is InChI=1S/C14H20N2O6.CH3NO3/c1-20-15-13-8-6-12(7-9-13)14(17)21-10-4-2-3-5-11-22-16(18)19;1-5-2(3)4/h6-9,15H,2-5,10-11H2,1H3;1H3/p+1. The zero-order chi connectivity index (χ0) is 20.5. The number of nitrogens with two attached hydrogens (primary N) is 1. The highest BCUT2D eigenvalue weighted by molar-refractivity contribution is 5.89. The number of benzene rings is 1. The maximum Gasteiger partial charge on any atom is 0.338 e. The Morgan fingerprint density at radius 3 is 2.00 bits per heavy atom. The molecule has 0 aliphatic heterocycles. The highest BCUT2D eigenvalue weighted by Gasteiger charge is 2.07. The van der Waals surface area contributed by atoms with E-state index in [1.807, 2.05) is 0 Å². The molecule has 0 radical (unpaired) electrons. The molecule has 0 amide bonds. The van der Waals surface area contributed by atoms with Gasteiger partial charge in [-0.15, -0.1) is 20.2 Å². The molecule has 0 aromatic heterocycles. The number of carbonyl (C=O) groups excluding carboxylic acids is 1. The monoisotopic (exact) mass is 390 g/mol. The average molecular weight is 390 g/mol. The zero-order valence-corrected chi connectivity index (χ0v) is 15.2. The summed E-state index contributed by atoms with van der Waals surface area (Å²) in [5.41, 5.74) is 2.95. The number of rotatable bonds is 12. The number of ether oxygens (including phenoxy) is 1. The minimum Gasteiger partial charge on any atom is -0.462 e. The molecule has 2 N–H and O–H groups in total. The smallest absolute Gasteiger partial charge is 0.338 e. The van der Waals surface area contributed by atoms with Gasteiger partial charge in [-0.1, -0.05) is 6.42 Å². The quantitative estimate of drug-likeness (QED) is 0.182. The number of hydrogen-bond donors (Lipinski definition) is 1. The highest BCUT2D eigenvalue weighted by Crippen LogP contribution is 2.07. The second-order valence-electron chi connectivity index (χ2n) is 4.99. The molecule has 1 aromatic carbocycles. The van der Waals surface area contributed by atoms with Gasteiger partial charge in [-0.05, 0) is 31.4 Å². The summed E-state index contributed by atoms with van der Waals surface area (Å²) in [6, 6.07) is 6.91. The first-order valence-corrected chi connectivity index (χ1v) is 7.99. The third-order valence-electron chi connectivity index (χ3n) is 3.02. The fourth-order valence-electron chi connectivity index (χ4n) is 1.78.